The van der Waals surface area contributed by atoms with Crippen LogP contribution in [-0.2, 0) is 14.1 Å². The molecule has 0 aliphatic heterocycles. The molecule has 2 aromatic heterocycles. The number of aryl methyl sites for hydroxylation is 3. The molecule has 0 aliphatic rings. The summed E-state index contributed by atoms with van der Waals surface area (Å²) in [6.45, 7) is 4.55. The molecule has 3 rings (SSSR count). The lowest BCUT2D eigenvalue weighted by atomic mass is 10.1. The molecular formula is C20H22N4O4. The van der Waals surface area contributed by atoms with Gasteiger partial charge in [-0.05, 0) is 31.0 Å². The Morgan fingerprint density at radius 1 is 1.14 bits per heavy atom. The van der Waals surface area contributed by atoms with Crippen molar-refractivity contribution in [2.24, 2.45) is 14.1 Å². The lowest BCUT2D eigenvalue weighted by molar-refractivity contribution is 0.0946. The molecule has 0 aliphatic carbocycles. The van der Waals surface area contributed by atoms with E-state index in [0.717, 1.165) is 21.4 Å². The summed E-state index contributed by atoms with van der Waals surface area (Å²) in [5.41, 5.74) is 1.60. The Balaban J connectivity index is 1.72. The van der Waals surface area contributed by atoms with Gasteiger partial charge in [-0.15, -0.1) is 0 Å². The maximum absolute atomic E-state index is 12.4. The number of nitrogens with one attached hydrogen (secondary N) is 1. The minimum absolute atomic E-state index is 0.212. The molecule has 0 unspecified atom stereocenters. The number of carbonyl (C=O) groups excluding carboxylic acids is 1. The van der Waals surface area contributed by atoms with Crippen LogP contribution in [0.1, 0.15) is 21.5 Å². The second-order valence-corrected chi connectivity index (χ2v) is 6.63. The molecule has 1 aromatic carbocycles. The highest BCUT2D eigenvalue weighted by Gasteiger charge is 2.13. The van der Waals surface area contributed by atoms with Crippen molar-refractivity contribution in [3.63, 3.8) is 0 Å². The Labute approximate surface area is 161 Å². The van der Waals surface area contributed by atoms with Crippen LogP contribution in [0, 0.1) is 13.8 Å². The average molecular weight is 382 g/mol. The quantitative estimate of drug-likeness (QED) is 0.666. The first-order valence-electron chi connectivity index (χ1n) is 8.84. The molecule has 8 nitrogen and oxygen atoms in total. The smallest absolute Gasteiger partial charge is 0.332 e. The van der Waals surface area contributed by atoms with Gasteiger partial charge in [0.25, 0.3) is 11.5 Å². The molecular weight excluding hydrogens is 360 g/mol. The fraction of sp³-hybridized carbons (Fsp3) is 0.300. The third-order valence-corrected chi connectivity index (χ3v) is 4.60. The van der Waals surface area contributed by atoms with Gasteiger partial charge in [-0.1, -0.05) is 18.2 Å². The van der Waals surface area contributed by atoms with Gasteiger partial charge in [-0.3, -0.25) is 18.7 Å². The van der Waals surface area contributed by atoms with Gasteiger partial charge >= 0.3 is 5.69 Å². The molecule has 1 N–H and O–H groups in total. The Morgan fingerprint density at radius 2 is 1.82 bits per heavy atom. The van der Waals surface area contributed by atoms with Gasteiger partial charge in [0.2, 0.25) is 0 Å². The number of amides is 1. The number of rotatable bonds is 5. The minimum atomic E-state index is -0.487. The van der Waals surface area contributed by atoms with Crippen LogP contribution in [-0.4, -0.2) is 33.2 Å². The predicted molar refractivity (Wildman–Crippen MR) is 106 cm³/mol. The zero-order valence-electron chi connectivity index (χ0n) is 16.3. The molecule has 146 valence electrons. The van der Waals surface area contributed by atoms with Crippen molar-refractivity contribution in [2.45, 2.75) is 13.8 Å². The number of hydrogen-bond acceptors (Lipinski definition) is 5. The monoisotopic (exact) mass is 382 g/mol. The van der Waals surface area contributed by atoms with Crippen LogP contribution >= 0.6 is 0 Å². The molecule has 0 fully saturated rings. The van der Waals surface area contributed by atoms with Gasteiger partial charge < -0.3 is 10.1 Å². The number of aromatic nitrogens is 3. The zero-order valence-corrected chi connectivity index (χ0v) is 16.3. The maximum atomic E-state index is 12.4. The van der Waals surface area contributed by atoms with Crippen molar-refractivity contribution in [3.8, 4) is 5.75 Å². The summed E-state index contributed by atoms with van der Waals surface area (Å²) < 4.78 is 8.03. The molecule has 0 bridgehead atoms. The molecule has 8 heteroatoms. The normalized spacial score (nSPS) is 10.9. The Hall–Kier alpha value is -3.42. The largest absolute Gasteiger partial charge is 0.491 e. The number of ether oxygens (including phenoxy) is 1. The van der Waals surface area contributed by atoms with Crippen molar-refractivity contribution in [1.82, 2.24) is 19.4 Å². The fourth-order valence-corrected chi connectivity index (χ4v) is 3.04. The fourth-order valence-electron chi connectivity index (χ4n) is 3.04. The van der Waals surface area contributed by atoms with Gasteiger partial charge in [0.1, 0.15) is 18.0 Å². The maximum Gasteiger partial charge on any atom is 0.332 e. The van der Waals surface area contributed by atoms with E-state index >= 15 is 0 Å². The molecule has 28 heavy (non-hydrogen) atoms. The van der Waals surface area contributed by atoms with E-state index in [2.05, 4.69) is 10.3 Å². The molecule has 0 saturated carbocycles. The van der Waals surface area contributed by atoms with Crippen molar-refractivity contribution >= 4 is 16.9 Å². The lowest BCUT2D eigenvalue weighted by Gasteiger charge is -2.12. The van der Waals surface area contributed by atoms with Crippen LogP contribution in [0.4, 0.5) is 0 Å². The van der Waals surface area contributed by atoms with Crippen LogP contribution in [0.25, 0.3) is 11.0 Å². The van der Waals surface area contributed by atoms with Crippen molar-refractivity contribution in [1.29, 1.82) is 0 Å². The molecule has 3 aromatic rings. The van der Waals surface area contributed by atoms with Gasteiger partial charge in [0, 0.05) is 20.3 Å². The van der Waals surface area contributed by atoms with Gasteiger partial charge in [0.05, 0.1) is 17.5 Å². The van der Waals surface area contributed by atoms with Crippen LogP contribution in [0.5, 0.6) is 5.75 Å². The summed E-state index contributed by atoms with van der Waals surface area (Å²) >= 11 is 0. The number of hydrogen-bond donors (Lipinski definition) is 1. The van der Waals surface area contributed by atoms with E-state index in [1.54, 1.807) is 0 Å². The molecule has 0 saturated heterocycles. The SMILES string of the molecule is Cc1cccc(C)c1OCCNC(=O)c1cnc2c(c1)c(=O)n(C)c(=O)n2C. The van der Waals surface area contributed by atoms with Crippen molar-refractivity contribution in [2.75, 3.05) is 13.2 Å². The van der Waals surface area contributed by atoms with Crippen molar-refractivity contribution < 1.29 is 9.53 Å². The standard InChI is InChI=1S/C20H22N4O4/c1-12-6-5-7-13(2)16(12)28-9-8-21-18(25)14-10-15-17(22-11-14)23(3)20(27)24(4)19(15)26/h5-7,10-11H,8-9H2,1-4H3,(H,21,25). The van der Waals surface area contributed by atoms with Crippen LogP contribution in [0.2, 0.25) is 0 Å². The molecule has 0 radical (unpaired) electrons. The second-order valence-electron chi connectivity index (χ2n) is 6.63. The van der Waals surface area contributed by atoms with Crippen LogP contribution < -0.4 is 21.3 Å². The number of pyridine rings is 1. The second kappa shape index (κ2) is 7.67. The van der Waals surface area contributed by atoms with Crippen LogP contribution in [0.15, 0.2) is 40.1 Å². The summed E-state index contributed by atoms with van der Waals surface area (Å²) in [4.78, 5) is 40.8. The first-order valence-corrected chi connectivity index (χ1v) is 8.84. The van der Waals surface area contributed by atoms with Gasteiger partial charge in [0.15, 0.2) is 0 Å². The first kappa shape index (κ1) is 19.3. The lowest BCUT2D eigenvalue weighted by Crippen LogP contribution is -2.37. The minimum Gasteiger partial charge on any atom is -0.491 e. The van der Waals surface area contributed by atoms with E-state index in [4.69, 9.17) is 4.74 Å². The summed E-state index contributed by atoms with van der Waals surface area (Å²) in [7, 11) is 2.92. The zero-order chi connectivity index (χ0) is 20.4. The summed E-state index contributed by atoms with van der Waals surface area (Å²) in [5, 5.41) is 2.96. The number of carbonyl (C=O) groups is 1. The van der Waals surface area contributed by atoms with E-state index in [-0.39, 0.29) is 22.5 Å². The van der Waals surface area contributed by atoms with E-state index < -0.39 is 11.2 Å². The Morgan fingerprint density at radius 3 is 2.50 bits per heavy atom. The number of para-hydroxylation sites is 1. The number of nitrogens with zero attached hydrogens (tertiary/aromatic N) is 3. The first-order chi connectivity index (χ1) is 13.3. The van der Waals surface area contributed by atoms with Crippen molar-refractivity contribution in [3.05, 3.63) is 68.0 Å². The summed E-state index contributed by atoms with van der Waals surface area (Å²) in [6.07, 6.45) is 1.35. The van der Waals surface area contributed by atoms with Crippen LogP contribution in [0.3, 0.4) is 0 Å². The van der Waals surface area contributed by atoms with E-state index in [1.807, 2.05) is 32.0 Å². The molecule has 1 amide bonds. The number of benzene rings is 1. The summed E-state index contributed by atoms with van der Waals surface area (Å²) in [6, 6.07) is 7.35. The molecule has 0 atom stereocenters. The third kappa shape index (κ3) is 3.53. The molecule has 2 heterocycles. The van der Waals surface area contributed by atoms with E-state index in [9.17, 15) is 14.4 Å². The van der Waals surface area contributed by atoms with Gasteiger partial charge in [-0.25, -0.2) is 9.78 Å². The highest BCUT2D eigenvalue weighted by molar-refractivity contribution is 5.96. The number of fused-ring (bicyclic) bond motifs is 1. The summed E-state index contributed by atoms with van der Waals surface area (Å²) in [5.74, 6) is 0.448. The highest BCUT2D eigenvalue weighted by atomic mass is 16.5. The van der Waals surface area contributed by atoms with E-state index in [0.29, 0.717) is 13.2 Å². The third-order valence-electron chi connectivity index (χ3n) is 4.60. The Bertz CT molecular complexity index is 1160. The van der Waals surface area contributed by atoms with E-state index in [1.165, 1.54) is 30.9 Å². The van der Waals surface area contributed by atoms with Gasteiger partial charge in [-0.2, -0.15) is 0 Å². The predicted octanol–water partition coefficient (Wildman–Crippen LogP) is 1.06. The molecule has 0 spiro atoms. The average Bonchev–Trinajstić information content (AvgIpc) is 2.69. The highest BCUT2D eigenvalue weighted by Crippen LogP contribution is 2.21. The Kier molecular flexibility index (Phi) is 5.30. The topological polar surface area (TPSA) is 95.2 Å².